The van der Waals surface area contributed by atoms with E-state index < -0.39 is 43.2 Å². The summed E-state index contributed by atoms with van der Waals surface area (Å²) in [5.74, 6) is 0.0212. The maximum absolute atomic E-state index is 11.5. The van der Waals surface area contributed by atoms with Crippen LogP contribution in [0.2, 0.25) is 0 Å². The molecule has 1 fully saturated rings. The summed E-state index contributed by atoms with van der Waals surface area (Å²) in [6.07, 6.45) is -4.81. The lowest BCUT2D eigenvalue weighted by molar-refractivity contribution is -0.244. The van der Waals surface area contributed by atoms with Crippen molar-refractivity contribution in [1.82, 2.24) is 10.3 Å². The normalized spacial score (nSPS) is 28.7. The van der Waals surface area contributed by atoms with Gasteiger partial charge in [0.15, 0.2) is 0 Å². The zero-order valence-corrected chi connectivity index (χ0v) is 14.5. The molecule has 2 heterocycles. The molecular weight excluding hydrogens is 340 g/mol. The zero-order valence-electron chi connectivity index (χ0n) is 14.5. The van der Waals surface area contributed by atoms with Crippen molar-refractivity contribution in [2.45, 2.75) is 44.5 Å². The number of carbonyl (C=O) groups is 1. The van der Waals surface area contributed by atoms with Crippen LogP contribution >= 0.6 is 0 Å². The van der Waals surface area contributed by atoms with Gasteiger partial charge in [-0.3, -0.25) is 9.78 Å². The summed E-state index contributed by atoms with van der Waals surface area (Å²) in [4.78, 5) is 15.9. The fraction of sp³-hybridized carbons (Fsp3) is 0.444. The standard InChI is InChI=1S/C18H22N2O6/c1-9-3-4-11-5-6-12(7-13(11)19-9)25-18-15(20-10(2)22)17(24)16(23)14(8-21)26-18/h3-7,14-18,21,23-24H,8H2,1-2H3,(H,20,22). The van der Waals surface area contributed by atoms with Crippen LogP contribution in [-0.4, -0.2) is 63.5 Å². The number of hydrogen-bond acceptors (Lipinski definition) is 7. The molecule has 1 amide bonds. The molecule has 26 heavy (non-hydrogen) atoms. The number of nitrogens with zero attached hydrogens (tertiary/aromatic N) is 1. The van der Waals surface area contributed by atoms with E-state index in [1.165, 1.54) is 6.92 Å². The Kier molecular flexibility index (Phi) is 5.38. The average molecular weight is 362 g/mol. The van der Waals surface area contributed by atoms with E-state index in [9.17, 15) is 20.1 Å². The lowest BCUT2D eigenvalue weighted by atomic mass is 9.97. The van der Waals surface area contributed by atoms with Crippen molar-refractivity contribution in [3.8, 4) is 5.75 Å². The first-order valence-corrected chi connectivity index (χ1v) is 8.32. The van der Waals surface area contributed by atoms with Gasteiger partial charge in [-0.15, -0.1) is 0 Å². The first-order chi connectivity index (χ1) is 12.4. The third-order valence-corrected chi connectivity index (χ3v) is 4.31. The number of aliphatic hydroxyl groups is 3. The maximum Gasteiger partial charge on any atom is 0.223 e. The van der Waals surface area contributed by atoms with E-state index in [0.717, 1.165) is 16.6 Å². The molecule has 5 unspecified atom stereocenters. The van der Waals surface area contributed by atoms with Crippen LogP contribution in [0.1, 0.15) is 12.6 Å². The van der Waals surface area contributed by atoms with Crippen LogP contribution < -0.4 is 10.1 Å². The van der Waals surface area contributed by atoms with E-state index in [1.807, 2.05) is 25.1 Å². The largest absolute Gasteiger partial charge is 0.462 e. The molecule has 2 aromatic rings. The number of pyridine rings is 1. The molecule has 0 spiro atoms. The van der Waals surface area contributed by atoms with E-state index in [0.29, 0.717) is 5.75 Å². The number of aliphatic hydroxyl groups excluding tert-OH is 3. The van der Waals surface area contributed by atoms with Gasteiger partial charge in [0.25, 0.3) is 0 Å². The third kappa shape index (κ3) is 3.78. The van der Waals surface area contributed by atoms with E-state index >= 15 is 0 Å². The van der Waals surface area contributed by atoms with Gasteiger partial charge in [0, 0.05) is 24.1 Å². The number of rotatable bonds is 4. The minimum atomic E-state index is -1.35. The summed E-state index contributed by atoms with van der Waals surface area (Å²) in [5.41, 5.74) is 1.59. The zero-order chi connectivity index (χ0) is 18.8. The van der Waals surface area contributed by atoms with Crippen molar-refractivity contribution < 1.29 is 29.6 Å². The first kappa shape index (κ1) is 18.5. The van der Waals surface area contributed by atoms with Crippen molar-refractivity contribution >= 4 is 16.8 Å². The Morgan fingerprint density at radius 3 is 2.69 bits per heavy atom. The monoisotopic (exact) mass is 362 g/mol. The van der Waals surface area contributed by atoms with Crippen LogP contribution in [0, 0.1) is 6.92 Å². The Morgan fingerprint density at radius 2 is 2.00 bits per heavy atom. The van der Waals surface area contributed by atoms with Gasteiger partial charge < -0.3 is 30.1 Å². The van der Waals surface area contributed by atoms with Crippen LogP contribution in [0.5, 0.6) is 5.75 Å². The fourth-order valence-corrected chi connectivity index (χ4v) is 2.98. The summed E-state index contributed by atoms with van der Waals surface area (Å²) in [7, 11) is 0. The second kappa shape index (κ2) is 7.55. The van der Waals surface area contributed by atoms with Gasteiger partial charge >= 0.3 is 0 Å². The summed E-state index contributed by atoms with van der Waals surface area (Å²) in [6.45, 7) is 2.67. The molecule has 0 aliphatic carbocycles. The number of hydrogen-bond donors (Lipinski definition) is 4. The topological polar surface area (TPSA) is 121 Å². The van der Waals surface area contributed by atoms with E-state index in [1.54, 1.807) is 12.1 Å². The number of carbonyl (C=O) groups excluding carboxylic acids is 1. The molecule has 5 atom stereocenters. The number of fused-ring (bicyclic) bond motifs is 1. The predicted molar refractivity (Wildman–Crippen MR) is 92.5 cm³/mol. The van der Waals surface area contributed by atoms with Crippen LogP contribution in [0.25, 0.3) is 10.9 Å². The Bertz CT molecular complexity index is 798. The number of ether oxygens (including phenoxy) is 2. The summed E-state index contributed by atoms with van der Waals surface area (Å²) < 4.78 is 11.4. The SMILES string of the molecule is CC(=O)NC1C(Oc2ccc3ccc(C)nc3c2)OC(CO)C(O)C1O. The fourth-order valence-electron chi connectivity index (χ4n) is 2.98. The van der Waals surface area contributed by atoms with Gasteiger partial charge in [-0.05, 0) is 25.1 Å². The Balaban J connectivity index is 1.87. The lowest BCUT2D eigenvalue weighted by Crippen LogP contribution is -2.65. The Morgan fingerprint density at radius 1 is 1.27 bits per heavy atom. The van der Waals surface area contributed by atoms with Gasteiger partial charge in [-0.25, -0.2) is 0 Å². The van der Waals surface area contributed by atoms with Gasteiger partial charge in [0.2, 0.25) is 12.2 Å². The molecule has 0 radical (unpaired) electrons. The van der Waals surface area contributed by atoms with Crippen LogP contribution in [0.4, 0.5) is 0 Å². The highest BCUT2D eigenvalue weighted by molar-refractivity contribution is 5.80. The molecule has 1 saturated heterocycles. The molecule has 1 aliphatic rings. The highest BCUT2D eigenvalue weighted by atomic mass is 16.7. The van der Waals surface area contributed by atoms with Gasteiger partial charge in [0.05, 0.1) is 12.1 Å². The molecule has 8 heteroatoms. The highest BCUT2D eigenvalue weighted by Gasteiger charge is 2.46. The molecule has 0 bridgehead atoms. The van der Waals surface area contributed by atoms with Gasteiger partial charge in [-0.1, -0.05) is 6.07 Å². The molecule has 1 aliphatic heterocycles. The molecule has 8 nitrogen and oxygen atoms in total. The number of aryl methyl sites for hydroxylation is 1. The molecule has 0 saturated carbocycles. The van der Waals surface area contributed by atoms with Crippen molar-refractivity contribution in [2.24, 2.45) is 0 Å². The van der Waals surface area contributed by atoms with Crippen LogP contribution in [0.3, 0.4) is 0 Å². The van der Waals surface area contributed by atoms with Crippen molar-refractivity contribution in [3.63, 3.8) is 0 Å². The molecule has 1 aromatic heterocycles. The lowest BCUT2D eigenvalue weighted by Gasteiger charge is -2.42. The minimum Gasteiger partial charge on any atom is -0.462 e. The second-order valence-electron chi connectivity index (χ2n) is 6.36. The molecule has 3 rings (SSSR count). The number of benzene rings is 1. The van der Waals surface area contributed by atoms with E-state index in [2.05, 4.69) is 10.3 Å². The van der Waals surface area contributed by atoms with Crippen molar-refractivity contribution in [1.29, 1.82) is 0 Å². The van der Waals surface area contributed by atoms with Gasteiger partial charge in [-0.2, -0.15) is 0 Å². The number of aromatic nitrogens is 1. The minimum absolute atomic E-state index is 0.406. The first-order valence-electron chi connectivity index (χ1n) is 8.32. The summed E-state index contributed by atoms with van der Waals surface area (Å²) in [6, 6.07) is 8.14. The third-order valence-electron chi connectivity index (χ3n) is 4.31. The molecule has 1 aromatic carbocycles. The molecular formula is C18H22N2O6. The summed E-state index contributed by atoms with van der Waals surface area (Å²) >= 11 is 0. The van der Waals surface area contributed by atoms with Crippen molar-refractivity contribution in [2.75, 3.05) is 6.61 Å². The van der Waals surface area contributed by atoms with Gasteiger partial charge in [0.1, 0.15) is 30.1 Å². The smallest absolute Gasteiger partial charge is 0.223 e. The van der Waals surface area contributed by atoms with E-state index in [-0.39, 0.29) is 0 Å². The predicted octanol–water partition coefficient (Wildman–Crippen LogP) is -0.134. The van der Waals surface area contributed by atoms with Crippen LogP contribution in [0.15, 0.2) is 30.3 Å². The number of nitrogens with one attached hydrogen (secondary N) is 1. The van der Waals surface area contributed by atoms with Crippen molar-refractivity contribution in [3.05, 3.63) is 36.0 Å². The summed E-state index contributed by atoms with van der Waals surface area (Å²) in [5, 5.41) is 33.1. The van der Waals surface area contributed by atoms with E-state index in [4.69, 9.17) is 9.47 Å². The van der Waals surface area contributed by atoms with Crippen LogP contribution in [-0.2, 0) is 9.53 Å². The highest BCUT2D eigenvalue weighted by Crippen LogP contribution is 2.26. The molecule has 4 N–H and O–H groups in total. The quantitative estimate of drug-likeness (QED) is 0.598. The Labute approximate surface area is 150 Å². The molecule has 140 valence electrons. The maximum atomic E-state index is 11.5. The number of amides is 1. The average Bonchev–Trinajstić information content (AvgIpc) is 2.60. The second-order valence-corrected chi connectivity index (χ2v) is 6.36. The Hall–Kier alpha value is -2.26.